The molecule has 0 radical (unpaired) electrons. The van der Waals surface area contributed by atoms with Gasteiger partial charge in [0.15, 0.2) is 5.65 Å². The predicted molar refractivity (Wildman–Crippen MR) is 106 cm³/mol. The van der Waals surface area contributed by atoms with Gasteiger partial charge in [-0.15, -0.1) is 0 Å². The summed E-state index contributed by atoms with van der Waals surface area (Å²) in [7, 11) is 0. The fourth-order valence-electron chi connectivity index (χ4n) is 3.13. The molecule has 0 fully saturated rings. The zero-order chi connectivity index (χ0) is 18.3. The average molecular weight is 409 g/mol. The summed E-state index contributed by atoms with van der Waals surface area (Å²) in [4.78, 5) is 17.4. The minimum atomic E-state index is -0.0959. The fraction of sp³-hybridized carbons (Fsp3) is 0.150. The Kier molecular flexibility index (Phi) is 4.20. The maximum absolute atomic E-state index is 12.9. The normalized spacial score (nSPS) is 11.2. The van der Waals surface area contributed by atoms with Gasteiger partial charge in [-0.05, 0) is 48.7 Å². The molecule has 4 aromatic rings. The Bertz CT molecular complexity index is 1160. The van der Waals surface area contributed by atoms with Crippen molar-refractivity contribution in [2.24, 2.45) is 0 Å². The third kappa shape index (κ3) is 2.97. The Balaban J connectivity index is 1.81. The van der Waals surface area contributed by atoms with E-state index >= 15 is 0 Å². The van der Waals surface area contributed by atoms with Gasteiger partial charge in [-0.3, -0.25) is 9.36 Å². The molecule has 0 aliphatic carbocycles. The molecule has 5 nitrogen and oxygen atoms in total. The number of benzene rings is 2. The molecule has 0 amide bonds. The van der Waals surface area contributed by atoms with E-state index in [4.69, 9.17) is 0 Å². The molecule has 0 bridgehead atoms. The predicted octanol–water partition coefficient (Wildman–Crippen LogP) is 4.01. The molecule has 0 aliphatic rings. The first-order valence-electron chi connectivity index (χ1n) is 8.28. The molecule has 26 heavy (non-hydrogen) atoms. The smallest absolute Gasteiger partial charge is 0.264 e. The summed E-state index contributed by atoms with van der Waals surface area (Å²) in [6, 6.07) is 14.0. The zero-order valence-corrected chi connectivity index (χ0v) is 16.1. The summed E-state index contributed by atoms with van der Waals surface area (Å²) >= 11 is 3.52. The highest BCUT2D eigenvalue weighted by Crippen LogP contribution is 2.19. The van der Waals surface area contributed by atoms with Crippen LogP contribution >= 0.6 is 15.9 Å². The fourth-order valence-corrected chi connectivity index (χ4v) is 3.54. The summed E-state index contributed by atoms with van der Waals surface area (Å²) < 4.78 is 4.30. The van der Waals surface area contributed by atoms with Crippen molar-refractivity contribution >= 4 is 27.0 Å². The van der Waals surface area contributed by atoms with E-state index in [2.05, 4.69) is 32.1 Å². The number of halogens is 1. The van der Waals surface area contributed by atoms with Crippen LogP contribution in [0.2, 0.25) is 0 Å². The third-order valence-corrected chi connectivity index (χ3v) is 5.08. The van der Waals surface area contributed by atoms with Gasteiger partial charge < -0.3 is 0 Å². The summed E-state index contributed by atoms with van der Waals surface area (Å²) in [5.41, 5.74) is 4.70. The van der Waals surface area contributed by atoms with Gasteiger partial charge in [0.2, 0.25) is 0 Å². The van der Waals surface area contributed by atoms with Crippen LogP contribution in [0.25, 0.3) is 16.7 Å². The Morgan fingerprint density at radius 2 is 1.81 bits per heavy atom. The summed E-state index contributed by atoms with van der Waals surface area (Å²) in [6.45, 7) is 4.54. The van der Waals surface area contributed by atoms with Crippen LogP contribution < -0.4 is 5.56 Å². The number of hydrogen-bond donors (Lipinski definition) is 0. The molecule has 0 unspecified atom stereocenters. The average Bonchev–Trinajstić information content (AvgIpc) is 3.03. The monoisotopic (exact) mass is 408 g/mol. The number of aryl methyl sites for hydroxylation is 2. The maximum atomic E-state index is 12.9. The highest BCUT2D eigenvalue weighted by molar-refractivity contribution is 9.10. The van der Waals surface area contributed by atoms with Crippen molar-refractivity contribution in [3.8, 4) is 5.69 Å². The van der Waals surface area contributed by atoms with Gasteiger partial charge in [0.1, 0.15) is 11.7 Å². The first-order valence-corrected chi connectivity index (χ1v) is 9.07. The largest absolute Gasteiger partial charge is 0.294 e. The first kappa shape index (κ1) is 16.7. The SMILES string of the molecule is Cc1cc(C)cc(-n2ncc3c(=O)n(Cc4ccccc4Br)cnc32)c1. The molecule has 0 saturated heterocycles. The lowest BCUT2D eigenvalue weighted by atomic mass is 10.1. The van der Waals surface area contributed by atoms with Crippen molar-refractivity contribution in [3.63, 3.8) is 0 Å². The van der Waals surface area contributed by atoms with Crippen LogP contribution in [0.1, 0.15) is 16.7 Å². The summed E-state index contributed by atoms with van der Waals surface area (Å²) in [5, 5.41) is 4.92. The molecule has 130 valence electrons. The molecule has 0 N–H and O–H groups in total. The van der Waals surface area contributed by atoms with Gasteiger partial charge in [-0.25, -0.2) is 9.67 Å². The van der Waals surface area contributed by atoms with Crippen LogP contribution in [0.3, 0.4) is 0 Å². The van der Waals surface area contributed by atoms with E-state index < -0.39 is 0 Å². The van der Waals surface area contributed by atoms with Crippen molar-refractivity contribution in [3.05, 3.63) is 86.5 Å². The second-order valence-electron chi connectivity index (χ2n) is 6.41. The quantitative estimate of drug-likeness (QED) is 0.514. The number of fused-ring (bicyclic) bond motifs is 1. The number of hydrogen-bond acceptors (Lipinski definition) is 3. The van der Waals surface area contributed by atoms with Gasteiger partial charge in [-0.1, -0.05) is 40.2 Å². The van der Waals surface area contributed by atoms with E-state index in [1.165, 1.54) is 0 Å². The Labute approximate surface area is 159 Å². The molecular formula is C20H17BrN4O. The topological polar surface area (TPSA) is 52.7 Å². The number of nitrogens with zero attached hydrogens (tertiary/aromatic N) is 4. The van der Waals surface area contributed by atoms with Crippen LogP contribution in [-0.2, 0) is 6.54 Å². The van der Waals surface area contributed by atoms with Crippen molar-refractivity contribution in [1.82, 2.24) is 19.3 Å². The van der Waals surface area contributed by atoms with Crippen LogP contribution in [-0.4, -0.2) is 19.3 Å². The minimum absolute atomic E-state index is 0.0959. The standard InChI is InChI=1S/C20H17BrN4O/c1-13-7-14(2)9-16(8-13)25-19-17(10-23-25)20(26)24(12-22-19)11-15-5-3-4-6-18(15)21/h3-10,12H,11H2,1-2H3. The highest BCUT2D eigenvalue weighted by Gasteiger charge is 2.12. The van der Waals surface area contributed by atoms with Crippen LogP contribution in [0.15, 0.2) is 64.3 Å². The molecule has 0 saturated carbocycles. The van der Waals surface area contributed by atoms with Crippen LogP contribution in [0.5, 0.6) is 0 Å². The lowest BCUT2D eigenvalue weighted by Gasteiger charge is -2.08. The zero-order valence-electron chi connectivity index (χ0n) is 14.5. The van der Waals surface area contributed by atoms with Crippen LogP contribution in [0, 0.1) is 13.8 Å². The molecule has 4 rings (SSSR count). The Morgan fingerprint density at radius 1 is 1.08 bits per heavy atom. The Morgan fingerprint density at radius 3 is 2.54 bits per heavy atom. The van der Waals surface area contributed by atoms with Gasteiger partial charge in [-0.2, -0.15) is 5.10 Å². The lowest BCUT2D eigenvalue weighted by Crippen LogP contribution is -2.21. The second-order valence-corrected chi connectivity index (χ2v) is 7.26. The van der Waals surface area contributed by atoms with Crippen molar-refractivity contribution in [2.45, 2.75) is 20.4 Å². The molecule has 2 aromatic carbocycles. The van der Waals surface area contributed by atoms with Crippen molar-refractivity contribution < 1.29 is 0 Å². The lowest BCUT2D eigenvalue weighted by molar-refractivity contribution is 0.743. The highest BCUT2D eigenvalue weighted by atomic mass is 79.9. The van der Waals surface area contributed by atoms with E-state index in [1.54, 1.807) is 21.8 Å². The van der Waals surface area contributed by atoms with Crippen molar-refractivity contribution in [1.29, 1.82) is 0 Å². The van der Waals surface area contributed by atoms with E-state index in [9.17, 15) is 4.79 Å². The van der Waals surface area contributed by atoms with Crippen LogP contribution in [0.4, 0.5) is 0 Å². The molecule has 0 atom stereocenters. The van der Waals surface area contributed by atoms with E-state index in [0.717, 1.165) is 26.9 Å². The number of aromatic nitrogens is 4. The first-order chi connectivity index (χ1) is 12.5. The molecule has 6 heteroatoms. The molecular weight excluding hydrogens is 392 g/mol. The maximum Gasteiger partial charge on any atom is 0.264 e. The molecule has 2 heterocycles. The second kappa shape index (κ2) is 6.53. The van der Waals surface area contributed by atoms with Gasteiger partial charge in [0.25, 0.3) is 5.56 Å². The molecule has 0 spiro atoms. The number of rotatable bonds is 3. The summed E-state index contributed by atoms with van der Waals surface area (Å²) in [5.74, 6) is 0. The van der Waals surface area contributed by atoms with Gasteiger partial charge in [0, 0.05) is 4.47 Å². The van der Waals surface area contributed by atoms with Crippen molar-refractivity contribution in [2.75, 3.05) is 0 Å². The minimum Gasteiger partial charge on any atom is -0.294 e. The van der Waals surface area contributed by atoms with E-state index in [0.29, 0.717) is 17.6 Å². The summed E-state index contributed by atoms with van der Waals surface area (Å²) in [6.07, 6.45) is 3.18. The molecule has 2 aromatic heterocycles. The third-order valence-electron chi connectivity index (χ3n) is 4.30. The van der Waals surface area contributed by atoms with Gasteiger partial charge in [0.05, 0.1) is 18.4 Å². The van der Waals surface area contributed by atoms with E-state index in [-0.39, 0.29) is 5.56 Å². The Hall–Kier alpha value is -2.73. The van der Waals surface area contributed by atoms with E-state index in [1.807, 2.05) is 50.2 Å². The molecule has 0 aliphatic heterocycles. The van der Waals surface area contributed by atoms with Gasteiger partial charge >= 0.3 is 0 Å².